The molecule has 2 amide bonds. The number of hydrogen-bond acceptors (Lipinski definition) is 3. The molecule has 1 saturated heterocycles. The van der Waals surface area contributed by atoms with Crippen molar-refractivity contribution in [1.29, 1.82) is 0 Å². The number of nitrogens with zero attached hydrogens (tertiary/aromatic N) is 2. The third-order valence-corrected chi connectivity index (χ3v) is 6.38. The van der Waals surface area contributed by atoms with Gasteiger partial charge in [-0.25, -0.2) is 0 Å². The van der Waals surface area contributed by atoms with Gasteiger partial charge in [0.15, 0.2) is 0 Å². The van der Waals surface area contributed by atoms with Crippen LogP contribution < -0.4 is 5.73 Å². The van der Waals surface area contributed by atoms with Crippen molar-refractivity contribution in [1.82, 2.24) is 14.8 Å². The Hall–Kier alpha value is -3.28. The van der Waals surface area contributed by atoms with E-state index in [0.717, 1.165) is 40.6 Å². The second-order valence-electron chi connectivity index (χ2n) is 8.27. The van der Waals surface area contributed by atoms with E-state index in [-0.39, 0.29) is 24.4 Å². The van der Waals surface area contributed by atoms with Crippen molar-refractivity contribution in [2.24, 2.45) is 0 Å². The van der Waals surface area contributed by atoms with Crippen LogP contribution in [0.4, 0.5) is 5.69 Å². The van der Waals surface area contributed by atoms with Crippen LogP contribution in [-0.4, -0.2) is 45.7 Å². The summed E-state index contributed by atoms with van der Waals surface area (Å²) in [5, 5.41) is 1.12. The van der Waals surface area contributed by atoms with Crippen LogP contribution in [0.2, 0.25) is 0 Å². The maximum atomic E-state index is 13.4. The van der Waals surface area contributed by atoms with Gasteiger partial charge in [-0.1, -0.05) is 43.7 Å². The number of amides is 2. The summed E-state index contributed by atoms with van der Waals surface area (Å²) in [4.78, 5) is 33.8. The Balaban J connectivity index is 1.66. The van der Waals surface area contributed by atoms with E-state index < -0.39 is 6.04 Å². The van der Waals surface area contributed by atoms with Gasteiger partial charge in [0.1, 0.15) is 6.04 Å². The zero-order valence-corrected chi connectivity index (χ0v) is 17.1. The molecule has 3 aromatic rings. The van der Waals surface area contributed by atoms with E-state index in [1.54, 1.807) is 9.80 Å². The molecule has 0 spiro atoms. The van der Waals surface area contributed by atoms with Gasteiger partial charge < -0.3 is 20.5 Å². The number of aromatic amines is 1. The number of carbonyl (C=O) groups is 2. The molecule has 3 N–H and O–H groups in total. The number of unbranched alkanes of at least 4 members (excludes halogenated alkanes) is 1. The maximum absolute atomic E-state index is 13.4. The lowest BCUT2D eigenvalue weighted by Gasteiger charge is -2.47. The normalized spacial score (nSPS) is 21.1. The fourth-order valence-corrected chi connectivity index (χ4v) is 4.89. The van der Waals surface area contributed by atoms with E-state index in [0.29, 0.717) is 18.7 Å². The summed E-state index contributed by atoms with van der Waals surface area (Å²) in [6, 6.07) is 15.0. The maximum Gasteiger partial charge on any atom is 0.246 e. The zero-order chi connectivity index (χ0) is 20.8. The quantitative estimate of drug-likeness (QED) is 0.658. The number of benzene rings is 2. The SMILES string of the molecule is CCCCN1CC(=O)N2C(Cc3c([nH]c4ccccc34)C2c2ccc(N)cc2)C1=O. The third-order valence-electron chi connectivity index (χ3n) is 6.38. The number of H-pyrrole nitrogens is 1. The lowest BCUT2D eigenvalue weighted by atomic mass is 9.86. The number of piperazine rings is 1. The third kappa shape index (κ3) is 2.86. The number of rotatable bonds is 4. The van der Waals surface area contributed by atoms with Gasteiger partial charge in [-0.05, 0) is 35.7 Å². The summed E-state index contributed by atoms with van der Waals surface area (Å²) < 4.78 is 0. The Labute approximate surface area is 175 Å². The van der Waals surface area contributed by atoms with Crippen LogP contribution in [0.5, 0.6) is 0 Å². The molecular weight excluding hydrogens is 376 g/mol. The van der Waals surface area contributed by atoms with E-state index in [1.165, 1.54) is 0 Å². The molecule has 30 heavy (non-hydrogen) atoms. The minimum atomic E-state index is -0.475. The Morgan fingerprint density at radius 3 is 2.63 bits per heavy atom. The van der Waals surface area contributed by atoms with Crippen molar-refractivity contribution in [2.45, 2.75) is 38.3 Å². The summed E-state index contributed by atoms with van der Waals surface area (Å²) in [6.45, 7) is 2.88. The van der Waals surface area contributed by atoms with Crippen LogP contribution in [0.3, 0.4) is 0 Å². The smallest absolute Gasteiger partial charge is 0.246 e. The first-order valence-corrected chi connectivity index (χ1v) is 10.6. The monoisotopic (exact) mass is 402 g/mol. The molecule has 3 heterocycles. The van der Waals surface area contributed by atoms with Gasteiger partial charge in [-0.3, -0.25) is 9.59 Å². The van der Waals surface area contributed by atoms with Crippen molar-refractivity contribution in [3.05, 3.63) is 65.4 Å². The molecule has 6 heteroatoms. The van der Waals surface area contributed by atoms with Gasteiger partial charge in [-0.2, -0.15) is 0 Å². The number of nitrogen functional groups attached to an aromatic ring is 1. The van der Waals surface area contributed by atoms with Crippen molar-refractivity contribution in [2.75, 3.05) is 18.8 Å². The van der Waals surface area contributed by atoms with Crippen LogP contribution in [-0.2, 0) is 16.0 Å². The van der Waals surface area contributed by atoms with E-state index in [9.17, 15) is 9.59 Å². The second-order valence-corrected chi connectivity index (χ2v) is 8.27. The van der Waals surface area contributed by atoms with Crippen molar-refractivity contribution in [3.63, 3.8) is 0 Å². The largest absolute Gasteiger partial charge is 0.399 e. The fourth-order valence-electron chi connectivity index (χ4n) is 4.89. The minimum Gasteiger partial charge on any atom is -0.399 e. The lowest BCUT2D eigenvalue weighted by Crippen LogP contribution is -2.63. The highest BCUT2D eigenvalue weighted by atomic mass is 16.2. The molecule has 2 aromatic carbocycles. The highest BCUT2D eigenvalue weighted by Crippen LogP contribution is 2.42. The summed E-state index contributed by atoms with van der Waals surface area (Å²) in [7, 11) is 0. The number of hydrogen-bond donors (Lipinski definition) is 2. The standard InChI is InChI=1S/C24H26N4O2/c1-2-3-12-27-14-21(29)28-20(24(27)30)13-18-17-6-4-5-7-19(17)26-22(18)23(28)15-8-10-16(25)11-9-15/h4-11,20,23,26H,2-3,12-14,25H2,1H3. The van der Waals surface area contributed by atoms with Crippen LogP contribution in [0.25, 0.3) is 10.9 Å². The molecule has 6 nitrogen and oxygen atoms in total. The van der Waals surface area contributed by atoms with Crippen LogP contribution >= 0.6 is 0 Å². The summed E-state index contributed by atoms with van der Waals surface area (Å²) in [6.07, 6.45) is 2.44. The van der Waals surface area contributed by atoms with Gasteiger partial charge in [0, 0.05) is 35.2 Å². The number of para-hydroxylation sites is 1. The predicted octanol–water partition coefficient (Wildman–Crippen LogP) is 3.24. The molecule has 0 bridgehead atoms. The molecule has 2 unspecified atom stereocenters. The molecule has 5 rings (SSSR count). The van der Waals surface area contributed by atoms with Crippen molar-refractivity contribution >= 4 is 28.4 Å². The molecule has 154 valence electrons. The molecule has 0 saturated carbocycles. The summed E-state index contributed by atoms with van der Waals surface area (Å²) in [5.74, 6) is 0.0567. The van der Waals surface area contributed by atoms with E-state index in [2.05, 4.69) is 18.0 Å². The molecule has 2 atom stereocenters. The number of fused-ring (bicyclic) bond motifs is 4. The van der Waals surface area contributed by atoms with Crippen LogP contribution in [0, 0.1) is 0 Å². The van der Waals surface area contributed by atoms with Gasteiger partial charge in [-0.15, -0.1) is 0 Å². The Morgan fingerprint density at radius 2 is 1.87 bits per heavy atom. The zero-order valence-electron chi connectivity index (χ0n) is 17.1. The van der Waals surface area contributed by atoms with Crippen LogP contribution in [0.15, 0.2) is 48.5 Å². The van der Waals surface area contributed by atoms with Crippen molar-refractivity contribution < 1.29 is 9.59 Å². The topological polar surface area (TPSA) is 82.4 Å². The van der Waals surface area contributed by atoms with Crippen LogP contribution in [0.1, 0.15) is 42.6 Å². The summed E-state index contributed by atoms with van der Waals surface area (Å²) in [5.41, 5.74) is 10.7. The van der Waals surface area contributed by atoms with Gasteiger partial charge in [0.05, 0.1) is 12.6 Å². The Morgan fingerprint density at radius 1 is 1.10 bits per heavy atom. The average molecular weight is 402 g/mol. The number of carbonyl (C=O) groups excluding carboxylic acids is 2. The molecule has 2 aliphatic rings. The highest BCUT2D eigenvalue weighted by molar-refractivity contribution is 5.97. The molecule has 2 aliphatic heterocycles. The van der Waals surface area contributed by atoms with Gasteiger partial charge in [0.25, 0.3) is 0 Å². The van der Waals surface area contributed by atoms with Gasteiger partial charge >= 0.3 is 0 Å². The minimum absolute atomic E-state index is 0.00170. The number of aromatic nitrogens is 1. The molecular formula is C24H26N4O2. The Kier molecular flexibility index (Phi) is 4.50. The van der Waals surface area contributed by atoms with Gasteiger partial charge in [0.2, 0.25) is 11.8 Å². The molecule has 1 fully saturated rings. The van der Waals surface area contributed by atoms with Crippen molar-refractivity contribution in [3.8, 4) is 0 Å². The highest BCUT2D eigenvalue weighted by Gasteiger charge is 2.47. The fraction of sp³-hybridized carbons (Fsp3) is 0.333. The first kappa shape index (κ1) is 18.7. The number of nitrogens with two attached hydrogens (primary N) is 1. The average Bonchev–Trinajstić information content (AvgIpc) is 3.13. The molecule has 0 radical (unpaired) electrons. The first-order chi connectivity index (χ1) is 14.6. The summed E-state index contributed by atoms with van der Waals surface area (Å²) >= 11 is 0. The first-order valence-electron chi connectivity index (χ1n) is 10.6. The van der Waals surface area contributed by atoms with E-state index in [1.807, 2.05) is 42.5 Å². The number of nitrogens with one attached hydrogen (secondary N) is 1. The molecule has 0 aliphatic carbocycles. The number of anilines is 1. The second kappa shape index (κ2) is 7.20. The van der Waals surface area contributed by atoms with E-state index >= 15 is 0 Å². The predicted molar refractivity (Wildman–Crippen MR) is 117 cm³/mol. The molecule has 1 aromatic heterocycles. The Bertz CT molecular complexity index is 1120. The lowest BCUT2D eigenvalue weighted by molar-refractivity contribution is -0.158. The van der Waals surface area contributed by atoms with E-state index in [4.69, 9.17) is 5.73 Å².